The molecule has 5 nitrogen and oxygen atoms in total. The minimum atomic E-state index is 0.684. The molecule has 1 aliphatic rings. The van der Waals surface area contributed by atoms with Gasteiger partial charge in [-0.05, 0) is 28.1 Å². The average Bonchev–Trinajstić information content (AvgIpc) is 2.83. The van der Waals surface area contributed by atoms with E-state index in [1.165, 1.54) is 0 Å². The number of pyridine rings is 1. The monoisotopic (exact) mass is 366 g/mol. The Bertz CT molecular complexity index is 829. The van der Waals surface area contributed by atoms with Crippen molar-refractivity contribution in [3.8, 4) is 0 Å². The summed E-state index contributed by atoms with van der Waals surface area (Å²) in [5, 5.41) is 1.60. The Balaban J connectivity index is 2.06. The molecule has 0 radical (unpaired) electrons. The molecule has 0 N–H and O–H groups in total. The van der Waals surface area contributed by atoms with Gasteiger partial charge in [0.25, 0.3) is 0 Å². The second-order valence-electron chi connectivity index (χ2n) is 4.87. The molecule has 1 fully saturated rings. The molecule has 0 aliphatic carbocycles. The number of aromatic nitrogens is 3. The van der Waals surface area contributed by atoms with Crippen LogP contribution in [0.5, 0.6) is 0 Å². The fourth-order valence-corrected chi connectivity index (χ4v) is 3.76. The van der Waals surface area contributed by atoms with Crippen LogP contribution < -0.4 is 4.90 Å². The number of ether oxygens (including phenoxy) is 1. The van der Waals surface area contributed by atoms with Crippen LogP contribution in [0.2, 0.25) is 5.02 Å². The molecule has 1 aliphatic heterocycles. The van der Waals surface area contributed by atoms with E-state index in [9.17, 15) is 0 Å². The number of hydrogen-bond acceptors (Lipinski definition) is 4. The average molecular weight is 368 g/mol. The van der Waals surface area contributed by atoms with Gasteiger partial charge in [0.05, 0.1) is 33.6 Å². The fourth-order valence-electron chi connectivity index (χ4n) is 2.71. The van der Waals surface area contributed by atoms with Crippen LogP contribution in [-0.4, -0.2) is 40.7 Å². The van der Waals surface area contributed by atoms with Gasteiger partial charge in [-0.25, -0.2) is 9.97 Å². The molecule has 0 bridgehead atoms. The van der Waals surface area contributed by atoms with E-state index in [1.807, 2.05) is 12.3 Å². The molecule has 7 heteroatoms. The fraction of sp³-hybridized carbons (Fsp3) is 0.286. The first kappa shape index (κ1) is 13.3. The maximum atomic E-state index is 6.33. The van der Waals surface area contributed by atoms with Crippen molar-refractivity contribution >= 4 is 50.0 Å². The normalized spacial score (nSPS) is 16.0. The molecule has 108 valence electrons. The van der Waals surface area contributed by atoms with Crippen LogP contribution >= 0.6 is 27.5 Å². The van der Waals surface area contributed by atoms with Crippen molar-refractivity contribution in [1.29, 1.82) is 0 Å². The third kappa shape index (κ3) is 2.01. The highest BCUT2D eigenvalue weighted by Gasteiger charge is 2.20. The first-order chi connectivity index (χ1) is 10.3. The molecule has 4 heterocycles. The molecule has 0 saturated carbocycles. The third-order valence-corrected chi connectivity index (χ3v) is 4.81. The number of anilines is 1. The summed E-state index contributed by atoms with van der Waals surface area (Å²) in [6.45, 7) is 3.08. The highest BCUT2D eigenvalue weighted by molar-refractivity contribution is 9.10. The van der Waals surface area contributed by atoms with Crippen molar-refractivity contribution in [1.82, 2.24) is 14.4 Å². The number of rotatable bonds is 1. The Hall–Kier alpha value is -1.37. The minimum absolute atomic E-state index is 0.684. The van der Waals surface area contributed by atoms with E-state index in [2.05, 4.69) is 35.2 Å². The van der Waals surface area contributed by atoms with E-state index in [4.69, 9.17) is 16.3 Å². The minimum Gasteiger partial charge on any atom is -0.378 e. The lowest BCUT2D eigenvalue weighted by molar-refractivity contribution is 0.122. The Labute approximate surface area is 134 Å². The zero-order chi connectivity index (χ0) is 14.4. The predicted molar refractivity (Wildman–Crippen MR) is 86.2 cm³/mol. The van der Waals surface area contributed by atoms with Crippen LogP contribution in [-0.2, 0) is 4.74 Å². The molecular weight excluding hydrogens is 356 g/mol. The summed E-state index contributed by atoms with van der Waals surface area (Å²) in [4.78, 5) is 11.3. The number of nitrogens with zero attached hydrogens (tertiary/aromatic N) is 4. The van der Waals surface area contributed by atoms with Gasteiger partial charge in [-0.15, -0.1) is 0 Å². The van der Waals surface area contributed by atoms with Crippen molar-refractivity contribution in [2.24, 2.45) is 0 Å². The van der Waals surface area contributed by atoms with Gasteiger partial charge < -0.3 is 9.64 Å². The molecule has 0 unspecified atom stereocenters. The summed E-state index contributed by atoms with van der Waals surface area (Å²) in [5.74, 6) is 0.876. The third-order valence-electron chi connectivity index (χ3n) is 3.69. The first-order valence-electron chi connectivity index (χ1n) is 6.69. The van der Waals surface area contributed by atoms with Gasteiger partial charge in [-0.3, -0.25) is 4.40 Å². The van der Waals surface area contributed by atoms with E-state index in [0.29, 0.717) is 18.2 Å². The zero-order valence-electron chi connectivity index (χ0n) is 11.1. The standard InChI is InChI=1S/C14H12BrClN4O/c15-12-10-2-4-18-14(19-5-7-21-8-6-19)20(10)13-11(12)9(16)1-3-17-13/h1-4H,5-8H2. The Morgan fingerprint density at radius 3 is 2.71 bits per heavy atom. The van der Waals surface area contributed by atoms with E-state index in [1.54, 1.807) is 12.3 Å². The van der Waals surface area contributed by atoms with Gasteiger partial charge in [-0.1, -0.05) is 11.6 Å². The van der Waals surface area contributed by atoms with E-state index in [-0.39, 0.29) is 0 Å². The van der Waals surface area contributed by atoms with E-state index in [0.717, 1.165) is 40.1 Å². The van der Waals surface area contributed by atoms with Crippen LogP contribution in [0.15, 0.2) is 29.0 Å². The molecule has 4 rings (SSSR count). The number of halogens is 2. The second-order valence-corrected chi connectivity index (χ2v) is 6.07. The highest BCUT2D eigenvalue weighted by atomic mass is 79.9. The van der Waals surface area contributed by atoms with Crippen molar-refractivity contribution in [2.75, 3.05) is 31.2 Å². The van der Waals surface area contributed by atoms with Crippen molar-refractivity contribution in [2.45, 2.75) is 0 Å². The maximum Gasteiger partial charge on any atom is 0.211 e. The summed E-state index contributed by atoms with van der Waals surface area (Å²) in [6.07, 6.45) is 3.54. The quantitative estimate of drug-likeness (QED) is 0.663. The second kappa shape index (κ2) is 5.12. The summed E-state index contributed by atoms with van der Waals surface area (Å²) in [6, 6.07) is 3.77. The summed E-state index contributed by atoms with van der Waals surface area (Å²) in [5.41, 5.74) is 1.83. The van der Waals surface area contributed by atoms with Gasteiger partial charge in [0.1, 0.15) is 5.65 Å². The molecule has 3 aromatic rings. The number of morpholine rings is 1. The number of fused-ring (bicyclic) bond motifs is 3. The van der Waals surface area contributed by atoms with Crippen LogP contribution in [0.25, 0.3) is 16.6 Å². The molecule has 21 heavy (non-hydrogen) atoms. The molecule has 0 amide bonds. The van der Waals surface area contributed by atoms with Crippen LogP contribution in [0.4, 0.5) is 5.95 Å². The molecule has 0 aromatic carbocycles. The van der Waals surface area contributed by atoms with Gasteiger partial charge in [0.15, 0.2) is 0 Å². The van der Waals surface area contributed by atoms with Crippen molar-refractivity contribution in [3.63, 3.8) is 0 Å². The van der Waals surface area contributed by atoms with Crippen LogP contribution in [0.3, 0.4) is 0 Å². The van der Waals surface area contributed by atoms with Gasteiger partial charge in [-0.2, -0.15) is 0 Å². The smallest absolute Gasteiger partial charge is 0.211 e. The predicted octanol–water partition coefficient (Wildman–Crippen LogP) is 3.14. The molecule has 1 saturated heterocycles. The Morgan fingerprint density at radius 1 is 1.14 bits per heavy atom. The molecular formula is C14H12BrClN4O. The highest BCUT2D eigenvalue weighted by Crippen LogP contribution is 2.36. The summed E-state index contributed by atoms with van der Waals surface area (Å²) in [7, 11) is 0. The Kier molecular flexibility index (Phi) is 3.24. The lowest BCUT2D eigenvalue weighted by Gasteiger charge is -2.28. The van der Waals surface area contributed by atoms with Crippen molar-refractivity contribution in [3.05, 3.63) is 34.0 Å². The summed E-state index contributed by atoms with van der Waals surface area (Å²) >= 11 is 9.98. The molecule has 0 spiro atoms. The topological polar surface area (TPSA) is 42.7 Å². The Morgan fingerprint density at radius 2 is 1.90 bits per heavy atom. The van der Waals surface area contributed by atoms with E-state index < -0.39 is 0 Å². The summed E-state index contributed by atoms with van der Waals surface area (Å²) < 4.78 is 8.42. The van der Waals surface area contributed by atoms with Crippen LogP contribution in [0.1, 0.15) is 0 Å². The van der Waals surface area contributed by atoms with E-state index >= 15 is 0 Å². The van der Waals surface area contributed by atoms with Gasteiger partial charge >= 0.3 is 0 Å². The van der Waals surface area contributed by atoms with Gasteiger partial charge in [0, 0.05) is 25.5 Å². The van der Waals surface area contributed by atoms with Crippen molar-refractivity contribution < 1.29 is 4.74 Å². The maximum absolute atomic E-state index is 6.33. The van der Waals surface area contributed by atoms with Crippen LogP contribution in [0, 0.1) is 0 Å². The lowest BCUT2D eigenvalue weighted by atomic mass is 10.3. The lowest BCUT2D eigenvalue weighted by Crippen LogP contribution is -2.37. The molecule has 3 aromatic heterocycles. The first-order valence-corrected chi connectivity index (χ1v) is 7.86. The SMILES string of the molecule is Clc1ccnc2c1c(Br)c1ccnc(N3CCOCC3)n12. The number of hydrogen-bond donors (Lipinski definition) is 0. The molecule has 0 atom stereocenters. The largest absolute Gasteiger partial charge is 0.378 e. The van der Waals surface area contributed by atoms with Gasteiger partial charge in [0.2, 0.25) is 5.95 Å². The zero-order valence-corrected chi connectivity index (χ0v) is 13.4.